The zero-order valence-corrected chi connectivity index (χ0v) is 17.8. The maximum atomic E-state index is 10.7. The van der Waals surface area contributed by atoms with Crippen LogP contribution in [0.3, 0.4) is 0 Å². The fourth-order valence-electron chi connectivity index (χ4n) is 3.66. The minimum atomic E-state index is -6.09. The predicted octanol–water partition coefficient (Wildman–Crippen LogP) is 4.42. The van der Waals surface area contributed by atoms with Gasteiger partial charge in [-0.15, -0.1) is 0 Å². The number of piperidine rings is 1. The molecule has 1 N–H and O–H groups in total. The second-order valence-electron chi connectivity index (χ2n) is 7.51. The molecule has 164 valence electrons. The third-order valence-electron chi connectivity index (χ3n) is 5.15. The van der Waals surface area contributed by atoms with Crippen molar-refractivity contribution in [3.63, 3.8) is 0 Å². The van der Waals surface area contributed by atoms with E-state index >= 15 is 0 Å². The summed E-state index contributed by atoms with van der Waals surface area (Å²) < 4.78 is 58.9. The molecule has 1 saturated heterocycles. The molecule has 0 aliphatic carbocycles. The Bertz CT molecular complexity index is 454. The summed E-state index contributed by atoms with van der Waals surface area (Å²) in [5.41, 5.74) is -5.65. The second kappa shape index (κ2) is 14.6. The molecule has 0 radical (unpaired) electrons. The first-order valence-corrected chi connectivity index (χ1v) is 11.9. The van der Waals surface area contributed by atoms with Crippen molar-refractivity contribution in [2.45, 2.75) is 109 Å². The van der Waals surface area contributed by atoms with Crippen LogP contribution in [0.25, 0.3) is 0 Å². The minimum absolute atomic E-state index is 1.00. The van der Waals surface area contributed by atoms with E-state index in [1.165, 1.54) is 96.6 Å². The van der Waals surface area contributed by atoms with Crippen molar-refractivity contribution < 1.29 is 31.0 Å². The maximum absolute atomic E-state index is 10.7. The van der Waals surface area contributed by atoms with Gasteiger partial charge in [0.05, 0.1) is 19.1 Å². The number of alkyl halides is 3. The summed E-state index contributed by atoms with van der Waals surface area (Å²) in [6.07, 6.45) is 19.0. The Labute approximate surface area is 163 Å². The third-order valence-corrected chi connectivity index (χ3v) is 5.72. The summed E-state index contributed by atoms with van der Waals surface area (Å²) in [5.74, 6) is 0. The zero-order chi connectivity index (χ0) is 20.8. The number of rotatable bonds is 11. The average molecular weight is 418 g/mol. The lowest BCUT2D eigenvalue weighted by Gasteiger charge is -2.32. The van der Waals surface area contributed by atoms with Gasteiger partial charge in [0, 0.05) is 0 Å². The number of quaternary nitrogens is 1. The van der Waals surface area contributed by atoms with E-state index in [0.29, 0.717) is 0 Å². The number of nitrogens with one attached hydrogen (secondary N) is 1. The van der Waals surface area contributed by atoms with Gasteiger partial charge >= 0.3 is 5.51 Å². The Balaban J connectivity index is 0.000000713. The summed E-state index contributed by atoms with van der Waals surface area (Å²) in [4.78, 5) is 1.94. The van der Waals surface area contributed by atoms with E-state index in [9.17, 15) is 13.2 Å². The highest BCUT2D eigenvalue weighted by Gasteiger charge is 2.36. The molecule has 4 nitrogen and oxygen atoms in total. The first-order chi connectivity index (χ1) is 12.6. The third kappa shape index (κ3) is 13.5. The maximum Gasteiger partial charge on any atom is 0.485 e. The molecule has 2 unspecified atom stereocenters. The molecule has 1 heterocycles. The average Bonchev–Trinajstić information content (AvgIpc) is 2.58. The van der Waals surface area contributed by atoms with Gasteiger partial charge in [0.15, 0.2) is 10.1 Å². The van der Waals surface area contributed by atoms with Gasteiger partial charge in [-0.1, -0.05) is 58.8 Å². The fraction of sp³-hybridized carbons (Fsp3) is 1.00. The van der Waals surface area contributed by atoms with Gasteiger partial charge in [-0.05, 0) is 38.5 Å². The van der Waals surface area contributed by atoms with Crippen molar-refractivity contribution in [3.8, 4) is 0 Å². The summed E-state index contributed by atoms with van der Waals surface area (Å²) >= 11 is 0. The summed E-state index contributed by atoms with van der Waals surface area (Å²) in [5, 5.41) is 0. The van der Waals surface area contributed by atoms with Gasteiger partial charge in [0.2, 0.25) is 0 Å². The number of hydrogen-bond donors (Lipinski definition) is 1. The summed E-state index contributed by atoms with van der Waals surface area (Å²) in [6, 6.07) is 1.00. The van der Waals surface area contributed by atoms with E-state index in [2.05, 4.69) is 13.8 Å². The fourth-order valence-corrected chi connectivity index (χ4v) is 3.66. The van der Waals surface area contributed by atoms with Crippen molar-refractivity contribution in [2.24, 2.45) is 0 Å². The molecule has 1 aliphatic rings. The summed E-state index contributed by atoms with van der Waals surface area (Å²) in [6.45, 7) is 7.57. The minimum Gasteiger partial charge on any atom is -0.741 e. The molecule has 0 aromatic carbocycles. The van der Waals surface area contributed by atoms with Crippen LogP contribution in [0.4, 0.5) is 13.2 Å². The van der Waals surface area contributed by atoms with E-state index in [1.807, 2.05) is 4.90 Å². The number of unbranched alkanes of at least 4 members (excludes halogenated alkanes) is 7. The van der Waals surface area contributed by atoms with E-state index < -0.39 is 15.6 Å². The lowest BCUT2D eigenvalue weighted by atomic mass is 9.97. The Kier molecular flexibility index (Phi) is 14.4. The molecular formula is C19H38F3NO3S. The van der Waals surface area contributed by atoms with Gasteiger partial charge in [0.1, 0.15) is 0 Å². The Morgan fingerprint density at radius 3 is 1.93 bits per heavy atom. The normalized spacial score (nSPS) is 20.8. The number of likely N-dealkylation sites (tertiary alicyclic amines) is 1. The lowest BCUT2D eigenvalue weighted by molar-refractivity contribution is -0.931. The van der Waals surface area contributed by atoms with Crippen LogP contribution in [0.2, 0.25) is 0 Å². The highest BCUT2D eigenvalue weighted by Crippen LogP contribution is 2.20. The standard InChI is InChI=1S/C18H37N.CHF3O3S/c1-3-5-6-7-8-9-10-12-16-19-17-13-11-15-18(19)14-4-2;2-1(3,4)8(5,6)7/h18H,3-17H2,1-2H3;(H,5,6,7). The zero-order valence-electron chi connectivity index (χ0n) is 17.0. The van der Waals surface area contributed by atoms with E-state index in [0.717, 1.165) is 6.04 Å². The van der Waals surface area contributed by atoms with Crippen molar-refractivity contribution in [2.75, 3.05) is 13.1 Å². The molecule has 2 atom stereocenters. The molecule has 0 aromatic rings. The van der Waals surface area contributed by atoms with Gasteiger partial charge in [-0.3, -0.25) is 0 Å². The van der Waals surface area contributed by atoms with Crippen LogP contribution in [0.15, 0.2) is 0 Å². The number of hydrogen-bond acceptors (Lipinski definition) is 3. The molecule has 1 aliphatic heterocycles. The smallest absolute Gasteiger partial charge is 0.485 e. The molecule has 0 bridgehead atoms. The van der Waals surface area contributed by atoms with Gasteiger partial charge in [0.25, 0.3) is 0 Å². The largest absolute Gasteiger partial charge is 0.741 e. The van der Waals surface area contributed by atoms with Gasteiger partial charge < -0.3 is 9.45 Å². The van der Waals surface area contributed by atoms with E-state index in [-0.39, 0.29) is 0 Å². The first kappa shape index (κ1) is 26.7. The van der Waals surface area contributed by atoms with Gasteiger partial charge in [-0.2, -0.15) is 13.2 Å². The predicted molar refractivity (Wildman–Crippen MR) is 102 cm³/mol. The van der Waals surface area contributed by atoms with Crippen LogP contribution in [0.1, 0.15) is 97.3 Å². The molecule has 1 rings (SSSR count). The second-order valence-corrected chi connectivity index (χ2v) is 8.89. The molecule has 1 fully saturated rings. The van der Waals surface area contributed by atoms with Gasteiger partial charge in [-0.25, -0.2) is 8.42 Å². The van der Waals surface area contributed by atoms with Crippen LogP contribution in [0.5, 0.6) is 0 Å². The lowest BCUT2D eigenvalue weighted by Crippen LogP contribution is -3.16. The Hall–Kier alpha value is -0.340. The van der Waals surface area contributed by atoms with Crippen molar-refractivity contribution in [1.82, 2.24) is 0 Å². The molecule has 8 heteroatoms. The molecule has 0 aromatic heterocycles. The number of halogens is 3. The highest BCUT2D eigenvalue weighted by atomic mass is 32.2. The van der Waals surface area contributed by atoms with Crippen molar-refractivity contribution in [1.29, 1.82) is 0 Å². The molecule has 0 spiro atoms. The van der Waals surface area contributed by atoms with E-state index in [4.69, 9.17) is 13.0 Å². The Morgan fingerprint density at radius 2 is 1.44 bits per heavy atom. The van der Waals surface area contributed by atoms with E-state index in [1.54, 1.807) is 0 Å². The first-order valence-electron chi connectivity index (χ1n) is 10.5. The van der Waals surface area contributed by atoms with Crippen LogP contribution >= 0.6 is 0 Å². The quantitative estimate of drug-likeness (QED) is 0.308. The monoisotopic (exact) mass is 417 g/mol. The molecule has 27 heavy (non-hydrogen) atoms. The van der Waals surface area contributed by atoms with Crippen molar-refractivity contribution in [3.05, 3.63) is 0 Å². The van der Waals surface area contributed by atoms with Crippen LogP contribution in [-0.2, 0) is 10.1 Å². The Morgan fingerprint density at radius 1 is 0.926 bits per heavy atom. The van der Waals surface area contributed by atoms with Crippen LogP contribution in [-0.4, -0.2) is 37.6 Å². The van der Waals surface area contributed by atoms with Crippen LogP contribution in [0, 0.1) is 0 Å². The molecular weight excluding hydrogens is 379 g/mol. The van der Waals surface area contributed by atoms with Crippen LogP contribution < -0.4 is 4.90 Å². The highest BCUT2D eigenvalue weighted by molar-refractivity contribution is 7.86. The topological polar surface area (TPSA) is 61.6 Å². The summed E-state index contributed by atoms with van der Waals surface area (Å²) in [7, 11) is -6.09. The SMILES string of the molecule is CCCCCCCCCC[NH+]1CCCCC1CCC.O=S(=O)([O-])C(F)(F)F. The molecule has 0 amide bonds. The van der Waals surface area contributed by atoms with Crippen molar-refractivity contribution >= 4 is 10.1 Å². The molecule has 0 saturated carbocycles.